The van der Waals surface area contributed by atoms with Crippen LogP contribution in [0.4, 0.5) is 0 Å². The van der Waals surface area contributed by atoms with Gasteiger partial charge in [0.2, 0.25) is 0 Å². The Balaban J connectivity index is 1.72. The van der Waals surface area contributed by atoms with Crippen LogP contribution in [0.1, 0.15) is 92.4 Å². The number of cyclic esters (lactones) is 1. The van der Waals surface area contributed by atoms with Gasteiger partial charge >= 0.3 is 11.9 Å². The average molecular weight is 423 g/mol. The summed E-state index contributed by atoms with van der Waals surface area (Å²) < 4.78 is 11.7. The number of carbonyl (C=O) groups is 2. The quantitative estimate of drug-likeness (QED) is 0.617. The molecular weight excluding hydrogens is 380 g/mol. The van der Waals surface area contributed by atoms with E-state index in [0.717, 1.165) is 25.7 Å². The van der Waals surface area contributed by atoms with Gasteiger partial charge in [-0.15, -0.1) is 0 Å². The summed E-state index contributed by atoms with van der Waals surface area (Å²) in [5, 5.41) is 9.94. The van der Waals surface area contributed by atoms with Crippen molar-refractivity contribution in [2.45, 2.75) is 111 Å². The Kier molecular flexibility index (Phi) is 7.53. The van der Waals surface area contributed by atoms with E-state index in [4.69, 9.17) is 9.47 Å². The Bertz CT molecular complexity index is 615. The maximum Gasteiger partial charge on any atom is 0.311 e. The van der Waals surface area contributed by atoms with Crippen molar-refractivity contribution in [2.24, 2.45) is 35.0 Å². The van der Waals surface area contributed by atoms with Gasteiger partial charge in [0.15, 0.2) is 0 Å². The van der Waals surface area contributed by atoms with Crippen molar-refractivity contribution in [3.63, 3.8) is 0 Å². The molecule has 2 saturated carbocycles. The van der Waals surface area contributed by atoms with Gasteiger partial charge < -0.3 is 14.6 Å². The number of hydrogen-bond acceptors (Lipinski definition) is 5. The molecule has 0 aromatic rings. The minimum absolute atomic E-state index is 0.00989. The molecule has 0 aromatic carbocycles. The first-order valence-corrected chi connectivity index (χ1v) is 12.2. The number of aliphatic hydroxyl groups excluding tert-OH is 1. The molecule has 0 radical (unpaired) electrons. The van der Waals surface area contributed by atoms with Crippen LogP contribution in [0.2, 0.25) is 0 Å². The maximum atomic E-state index is 12.9. The van der Waals surface area contributed by atoms with E-state index in [-0.39, 0.29) is 30.6 Å². The van der Waals surface area contributed by atoms with Crippen LogP contribution in [0.5, 0.6) is 0 Å². The lowest BCUT2D eigenvalue weighted by Gasteiger charge is -2.50. The van der Waals surface area contributed by atoms with Crippen molar-refractivity contribution in [1.29, 1.82) is 0 Å². The van der Waals surface area contributed by atoms with Gasteiger partial charge in [0.1, 0.15) is 12.2 Å². The molecule has 1 aliphatic heterocycles. The summed E-state index contributed by atoms with van der Waals surface area (Å²) >= 11 is 0. The van der Waals surface area contributed by atoms with Crippen molar-refractivity contribution >= 4 is 11.9 Å². The predicted octanol–water partition coefficient (Wildman–Crippen LogP) is 4.89. The van der Waals surface area contributed by atoms with E-state index in [9.17, 15) is 14.7 Å². The van der Waals surface area contributed by atoms with Gasteiger partial charge in [-0.05, 0) is 76.0 Å². The third kappa shape index (κ3) is 5.38. The second kappa shape index (κ2) is 9.58. The second-order valence-electron chi connectivity index (χ2n) is 11.1. The third-order valence-electron chi connectivity index (χ3n) is 8.28. The lowest BCUT2D eigenvalue weighted by atomic mass is 9.58. The van der Waals surface area contributed by atoms with E-state index in [1.165, 1.54) is 19.3 Å². The first-order chi connectivity index (χ1) is 14.1. The highest BCUT2D eigenvalue weighted by atomic mass is 16.6. The number of hydrogen-bond donors (Lipinski definition) is 1. The normalized spacial score (nSPS) is 39.7. The van der Waals surface area contributed by atoms with Crippen molar-refractivity contribution in [3.8, 4) is 0 Å². The number of rotatable bonds is 6. The smallest absolute Gasteiger partial charge is 0.311 e. The summed E-state index contributed by atoms with van der Waals surface area (Å²) in [7, 11) is 0. The summed E-state index contributed by atoms with van der Waals surface area (Å²) in [6.07, 6.45) is 7.02. The second-order valence-corrected chi connectivity index (χ2v) is 11.1. The lowest BCUT2D eigenvalue weighted by Crippen LogP contribution is -2.48. The van der Waals surface area contributed by atoms with Crippen LogP contribution in [-0.4, -0.2) is 35.4 Å². The van der Waals surface area contributed by atoms with Crippen LogP contribution in [-0.2, 0) is 19.1 Å². The number of aliphatic hydroxyl groups is 1. The molecule has 5 nitrogen and oxygen atoms in total. The molecule has 3 aliphatic rings. The highest BCUT2D eigenvalue weighted by molar-refractivity contribution is 5.76. The topological polar surface area (TPSA) is 72.8 Å². The van der Waals surface area contributed by atoms with Crippen LogP contribution in [0, 0.1) is 35.0 Å². The first kappa shape index (κ1) is 23.6. The molecule has 1 heterocycles. The Morgan fingerprint density at radius 3 is 2.57 bits per heavy atom. The highest BCUT2D eigenvalue weighted by Crippen LogP contribution is 2.51. The standard InChI is InChI=1S/C25H42O5/c1-6-25(4,5)24(28)30-21-12-15(2)11-17-8-7-16(3)20(23(17)21)10-9-19-13-18(26)14-22(27)29-19/h15-21,23,26H,6-14H2,1-5H3/t15-,16?,17-,18+,19+,20?,21?,23?/m0/s1. The number of ether oxygens (including phenoxy) is 2. The summed E-state index contributed by atoms with van der Waals surface area (Å²) in [6.45, 7) is 10.6. The molecule has 30 heavy (non-hydrogen) atoms. The van der Waals surface area contributed by atoms with E-state index < -0.39 is 11.5 Å². The number of fused-ring (bicyclic) bond motifs is 1. The average Bonchev–Trinajstić information content (AvgIpc) is 2.66. The van der Waals surface area contributed by atoms with Gasteiger partial charge in [-0.1, -0.05) is 27.2 Å². The largest absolute Gasteiger partial charge is 0.462 e. The predicted molar refractivity (Wildman–Crippen MR) is 116 cm³/mol. The molecular formula is C25H42O5. The fraction of sp³-hybridized carbons (Fsp3) is 0.920. The zero-order valence-corrected chi connectivity index (χ0v) is 19.6. The fourth-order valence-electron chi connectivity index (χ4n) is 6.09. The molecule has 4 unspecified atom stereocenters. The third-order valence-corrected chi connectivity index (χ3v) is 8.28. The fourth-order valence-corrected chi connectivity index (χ4v) is 6.09. The van der Waals surface area contributed by atoms with E-state index in [1.807, 2.05) is 20.8 Å². The molecule has 0 bridgehead atoms. The van der Waals surface area contributed by atoms with Crippen LogP contribution >= 0.6 is 0 Å². The number of esters is 2. The molecule has 1 saturated heterocycles. The van der Waals surface area contributed by atoms with Crippen molar-refractivity contribution in [2.75, 3.05) is 0 Å². The zero-order chi connectivity index (χ0) is 22.1. The Morgan fingerprint density at radius 2 is 1.90 bits per heavy atom. The van der Waals surface area contributed by atoms with E-state index in [0.29, 0.717) is 36.0 Å². The van der Waals surface area contributed by atoms with Gasteiger partial charge in [0, 0.05) is 12.3 Å². The van der Waals surface area contributed by atoms with Crippen LogP contribution in [0.3, 0.4) is 0 Å². The molecule has 0 aromatic heterocycles. The monoisotopic (exact) mass is 422 g/mol. The summed E-state index contributed by atoms with van der Waals surface area (Å²) in [5.74, 6) is 2.28. The molecule has 1 N–H and O–H groups in total. The lowest BCUT2D eigenvalue weighted by molar-refractivity contribution is -0.174. The Morgan fingerprint density at radius 1 is 1.17 bits per heavy atom. The molecule has 0 spiro atoms. The SMILES string of the molecule is CCC(C)(C)C(=O)OC1C[C@@H](C)C[C@@H]2CCC(C)C(CC[C@@H]3C[C@@H](O)CC(=O)O3)C12. The molecule has 2 aliphatic carbocycles. The zero-order valence-electron chi connectivity index (χ0n) is 19.6. The molecule has 5 heteroatoms. The van der Waals surface area contributed by atoms with E-state index in [1.54, 1.807) is 0 Å². The summed E-state index contributed by atoms with van der Waals surface area (Å²) in [5.41, 5.74) is -0.446. The van der Waals surface area contributed by atoms with Gasteiger partial charge in [-0.25, -0.2) is 0 Å². The van der Waals surface area contributed by atoms with Gasteiger partial charge in [-0.2, -0.15) is 0 Å². The first-order valence-electron chi connectivity index (χ1n) is 12.2. The number of carbonyl (C=O) groups excluding carboxylic acids is 2. The molecule has 8 atom stereocenters. The van der Waals surface area contributed by atoms with Crippen molar-refractivity contribution < 1.29 is 24.2 Å². The van der Waals surface area contributed by atoms with Crippen LogP contribution in [0.15, 0.2) is 0 Å². The summed E-state index contributed by atoms with van der Waals surface area (Å²) in [4.78, 5) is 24.6. The molecule has 3 rings (SSSR count). The Labute approximate surface area is 182 Å². The van der Waals surface area contributed by atoms with Gasteiger partial charge in [-0.3, -0.25) is 9.59 Å². The van der Waals surface area contributed by atoms with Gasteiger partial charge in [0.05, 0.1) is 17.9 Å². The van der Waals surface area contributed by atoms with Crippen LogP contribution in [0.25, 0.3) is 0 Å². The van der Waals surface area contributed by atoms with Crippen molar-refractivity contribution in [3.05, 3.63) is 0 Å². The summed E-state index contributed by atoms with van der Waals surface area (Å²) in [6, 6.07) is 0. The minimum Gasteiger partial charge on any atom is -0.462 e. The maximum absolute atomic E-state index is 12.9. The molecule has 3 fully saturated rings. The Hall–Kier alpha value is -1.10. The molecule has 0 amide bonds. The van der Waals surface area contributed by atoms with Gasteiger partial charge in [0.25, 0.3) is 0 Å². The van der Waals surface area contributed by atoms with Crippen LogP contribution < -0.4 is 0 Å². The minimum atomic E-state index is -0.576. The highest BCUT2D eigenvalue weighted by Gasteiger charge is 2.47. The van der Waals surface area contributed by atoms with E-state index in [2.05, 4.69) is 13.8 Å². The van der Waals surface area contributed by atoms with E-state index >= 15 is 0 Å². The van der Waals surface area contributed by atoms with Crippen molar-refractivity contribution in [1.82, 2.24) is 0 Å². The molecule has 172 valence electrons.